The molecular formula is C16H17Cl2N. The van der Waals surface area contributed by atoms with E-state index in [1.54, 1.807) is 0 Å². The van der Waals surface area contributed by atoms with Gasteiger partial charge in [0.05, 0.1) is 0 Å². The normalized spacial score (nSPS) is 10.8. The Morgan fingerprint density at radius 2 is 1.63 bits per heavy atom. The van der Waals surface area contributed by atoms with E-state index >= 15 is 0 Å². The van der Waals surface area contributed by atoms with E-state index < -0.39 is 0 Å². The van der Waals surface area contributed by atoms with Crippen molar-refractivity contribution in [2.24, 2.45) is 0 Å². The molecule has 3 heteroatoms. The van der Waals surface area contributed by atoms with Crippen LogP contribution >= 0.6 is 23.2 Å². The van der Waals surface area contributed by atoms with Crippen LogP contribution in [0.5, 0.6) is 0 Å². The second kappa shape index (κ2) is 5.96. The Morgan fingerprint density at radius 3 is 2.21 bits per heavy atom. The molecule has 100 valence electrons. The second-order valence-electron chi connectivity index (χ2n) is 4.74. The third kappa shape index (κ3) is 3.11. The average Bonchev–Trinajstić information content (AvgIpc) is 2.36. The predicted octanol–water partition coefficient (Wildman–Crippen LogP) is 5.00. The smallest absolute Gasteiger partial charge is 0.0485 e. The van der Waals surface area contributed by atoms with E-state index in [0.717, 1.165) is 22.7 Å². The molecule has 0 saturated heterocycles. The SMILES string of the molecule is CNCc1c(C)cc(-c2cc(Cl)ccc2Cl)cc1C. The van der Waals surface area contributed by atoms with E-state index in [1.165, 1.54) is 16.7 Å². The van der Waals surface area contributed by atoms with Gasteiger partial charge in [-0.3, -0.25) is 0 Å². The van der Waals surface area contributed by atoms with Gasteiger partial charge in [-0.1, -0.05) is 35.3 Å². The lowest BCUT2D eigenvalue weighted by Crippen LogP contribution is -2.08. The fourth-order valence-electron chi connectivity index (χ4n) is 2.32. The fraction of sp³-hybridized carbons (Fsp3) is 0.250. The van der Waals surface area contributed by atoms with Crippen LogP contribution in [0.1, 0.15) is 16.7 Å². The van der Waals surface area contributed by atoms with Crippen LogP contribution in [0.15, 0.2) is 30.3 Å². The van der Waals surface area contributed by atoms with Crippen LogP contribution in [0, 0.1) is 13.8 Å². The van der Waals surface area contributed by atoms with E-state index in [0.29, 0.717) is 5.02 Å². The summed E-state index contributed by atoms with van der Waals surface area (Å²) in [4.78, 5) is 0. The summed E-state index contributed by atoms with van der Waals surface area (Å²) in [6.07, 6.45) is 0. The minimum Gasteiger partial charge on any atom is -0.316 e. The van der Waals surface area contributed by atoms with Crippen molar-refractivity contribution in [2.75, 3.05) is 7.05 Å². The molecule has 0 aromatic heterocycles. The average molecular weight is 294 g/mol. The number of rotatable bonds is 3. The summed E-state index contributed by atoms with van der Waals surface area (Å²) >= 11 is 12.3. The van der Waals surface area contributed by atoms with Gasteiger partial charge in [0.2, 0.25) is 0 Å². The molecule has 0 spiro atoms. The number of halogens is 2. The summed E-state index contributed by atoms with van der Waals surface area (Å²) in [5, 5.41) is 4.63. The lowest BCUT2D eigenvalue weighted by atomic mass is 9.95. The molecule has 2 aromatic rings. The molecule has 1 nitrogen and oxygen atoms in total. The van der Waals surface area contributed by atoms with Gasteiger partial charge in [-0.25, -0.2) is 0 Å². The minimum atomic E-state index is 0.703. The van der Waals surface area contributed by atoms with Gasteiger partial charge in [0.15, 0.2) is 0 Å². The zero-order chi connectivity index (χ0) is 14.0. The first kappa shape index (κ1) is 14.4. The summed E-state index contributed by atoms with van der Waals surface area (Å²) in [6.45, 7) is 5.13. The van der Waals surface area contributed by atoms with Crippen LogP contribution in [0.3, 0.4) is 0 Å². The maximum Gasteiger partial charge on any atom is 0.0485 e. The zero-order valence-corrected chi connectivity index (χ0v) is 12.9. The van der Waals surface area contributed by atoms with Crippen molar-refractivity contribution < 1.29 is 0 Å². The Hall–Kier alpha value is -1.02. The van der Waals surface area contributed by atoms with Crippen molar-refractivity contribution in [3.8, 4) is 11.1 Å². The number of aryl methyl sites for hydroxylation is 2. The minimum absolute atomic E-state index is 0.703. The monoisotopic (exact) mass is 293 g/mol. The van der Waals surface area contributed by atoms with Crippen LogP contribution in [0.25, 0.3) is 11.1 Å². The predicted molar refractivity (Wildman–Crippen MR) is 84.1 cm³/mol. The first-order valence-electron chi connectivity index (χ1n) is 6.23. The molecule has 0 unspecified atom stereocenters. The number of hydrogen-bond donors (Lipinski definition) is 1. The highest BCUT2D eigenvalue weighted by molar-refractivity contribution is 6.35. The lowest BCUT2D eigenvalue weighted by Gasteiger charge is -2.13. The lowest BCUT2D eigenvalue weighted by molar-refractivity contribution is 0.806. The molecule has 1 N–H and O–H groups in total. The van der Waals surface area contributed by atoms with Crippen molar-refractivity contribution in [3.63, 3.8) is 0 Å². The van der Waals surface area contributed by atoms with Gasteiger partial charge >= 0.3 is 0 Å². The third-order valence-corrected chi connectivity index (χ3v) is 3.85. The molecule has 2 rings (SSSR count). The van der Waals surface area contributed by atoms with Crippen molar-refractivity contribution >= 4 is 23.2 Å². The van der Waals surface area contributed by atoms with Gasteiger partial charge in [-0.15, -0.1) is 0 Å². The van der Waals surface area contributed by atoms with Crippen LogP contribution in [-0.2, 0) is 6.54 Å². The topological polar surface area (TPSA) is 12.0 Å². The third-order valence-electron chi connectivity index (χ3n) is 3.29. The fourth-order valence-corrected chi connectivity index (χ4v) is 2.72. The van der Waals surface area contributed by atoms with Gasteiger partial charge in [0, 0.05) is 22.2 Å². The Morgan fingerprint density at radius 1 is 1.00 bits per heavy atom. The van der Waals surface area contributed by atoms with Crippen molar-refractivity contribution in [3.05, 3.63) is 57.1 Å². The number of hydrogen-bond acceptors (Lipinski definition) is 1. The molecule has 2 aromatic carbocycles. The van der Waals surface area contributed by atoms with Crippen LogP contribution < -0.4 is 5.32 Å². The molecule has 0 atom stereocenters. The van der Waals surface area contributed by atoms with Crippen molar-refractivity contribution in [2.45, 2.75) is 20.4 Å². The summed E-state index contributed by atoms with van der Waals surface area (Å²) in [5.74, 6) is 0. The second-order valence-corrected chi connectivity index (χ2v) is 5.59. The van der Waals surface area contributed by atoms with E-state index in [4.69, 9.17) is 23.2 Å². The molecule has 0 aliphatic carbocycles. The highest BCUT2D eigenvalue weighted by Gasteiger charge is 2.09. The summed E-state index contributed by atoms with van der Waals surface area (Å²) in [7, 11) is 1.96. The highest BCUT2D eigenvalue weighted by Crippen LogP contribution is 2.32. The Kier molecular flexibility index (Phi) is 4.51. The number of benzene rings is 2. The van der Waals surface area contributed by atoms with E-state index in [1.807, 2.05) is 25.2 Å². The summed E-state index contributed by atoms with van der Waals surface area (Å²) in [5.41, 5.74) is 5.96. The number of nitrogens with one attached hydrogen (secondary N) is 1. The Balaban J connectivity index is 2.55. The van der Waals surface area contributed by atoms with Gasteiger partial charge in [0.1, 0.15) is 0 Å². The van der Waals surface area contributed by atoms with Crippen LogP contribution in [0.4, 0.5) is 0 Å². The molecule has 0 radical (unpaired) electrons. The standard InChI is InChI=1S/C16H17Cl2N/c1-10-6-12(7-11(2)15(10)9-19-3)14-8-13(17)4-5-16(14)18/h4-8,19H,9H2,1-3H3. The maximum atomic E-state index is 6.27. The molecule has 19 heavy (non-hydrogen) atoms. The van der Waals surface area contributed by atoms with E-state index in [2.05, 4.69) is 31.3 Å². The summed E-state index contributed by atoms with van der Waals surface area (Å²) in [6, 6.07) is 9.89. The molecule has 0 aliphatic rings. The van der Waals surface area contributed by atoms with Gasteiger partial charge < -0.3 is 5.32 Å². The molecule has 0 amide bonds. The van der Waals surface area contributed by atoms with E-state index in [-0.39, 0.29) is 0 Å². The van der Waals surface area contributed by atoms with Crippen molar-refractivity contribution in [1.82, 2.24) is 5.32 Å². The molecule has 0 heterocycles. The van der Waals surface area contributed by atoms with Crippen LogP contribution in [-0.4, -0.2) is 7.05 Å². The quantitative estimate of drug-likeness (QED) is 0.840. The van der Waals surface area contributed by atoms with Crippen LogP contribution in [0.2, 0.25) is 10.0 Å². The molecular weight excluding hydrogens is 277 g/mol. The first-order chi connectivity index (χ1) is 9.02. The van der Waals surface area contributed by atoms with Gasteiger partial charge in [-0.05, 0) is 61.3 Å². The van der Waals surface area contributed by atoms with Crippen molar-refractivity contribution in [1.29, 1.82) is 0 Å². The molecule has 0 bridgehead atoms. The Labute approximate surface area is 124 Å². The Bertz CT molecular complexity index is 583. The van der Waals surface area contributed by atoms with E-state index in [9.17, 15) is 0 Å². The van der Waals surface area contributed by atoms with Gasteiger partial charge in [0.25, 0.3) is 0 Å². The molecule has 0 fully saturated rings. The molecule has 0 aliphatic heterocycles. The largest absolute Gasteiger partial charge is 0.316 e. The summed E-state index contributed by atoms with van der Waals surface area (Å²) < 4.78 is 0. The zero-order valence-electron chi connectivity index (χ0n) is 11.3. The maximum absolute atomic E-state index is 6.27. The molecule has 0 saturated carbocycles. The van der Waals surface area contributed by atoms with Gasteiger partial charge in [-0.2, -0.15) is 0 Å². The first-order valence-corrected chi connectivity index (χ1v) is 6.98. The highest BCUT2D eigenvalue weighted by atomic mass is 35.5.